The number of thiazole rings is 1. The second-order valence-corrected chi connectivity index (χ2v) is 7.88. The molecule has 1 saturated heterocycles. The quantitative estimate of drug-likeness (QED) is 0.546. The van der Waals surface area contributed by atoms with E-state index in [1.54, 1.807) is 31.4 Å². The number of aromatic nitrogens is 1. The number of benzene rings is 2. The molecule has 1 aromatic heterocycles. The molecule has 31 heavy (non-hydrogen) atoms. The SMILES string of the molecule is COc1ccc(C(=O)N(CCN2CCOCC2)c2nc3c(F)cc(F)cc3s2)cc1.Cl. The zero-order valence-corrected chi connectivity index (χ0v) is 18.5. The number of fused-ring (bicyclic) bond motifs is 1. The van der Waals surface area contributed by atoms with Crippen molar-refractivity contribution in [3.8, 4) is 5.75 Å². The van der Waals surface area contributed by atoms with Crippen LogP contribution < -0.4 is 9.64 Å². The lowest BCUT2D eigenvalue weighted by atomic mass is 10.2. The molecule has 0 spiro atoms. The maximum atomic E-state index is 14.2. The lowest BCUT2D eigenvalue weighted by Crippen LogP contribution is -2.43. The third kappa shape index (κ3) is 5.30. The van der Waals surface area contributed by atoms with Crippen LogP contribution in [0.15, 0.2) is 36.4 Å². The molecule has 2 aromatic carbocycles. The number of carbonyl (C=O) groups is 1. The van der Waals surface area contributed by atoms with Crippen molar-refractivity contribution in [3.05, 3.63) is 53.6 Å². The topological polar surface area (TPSA) is 54.9 Å². The van der Waals surface area contributed by atoms with Crippen LogP contribution in [0.2, 0.25) is 0 Å². The molecule has 1 fully saturated rings. The van der Waals surface area contributed by atoms with Crippen molar-refractivity contribution in [1.29, 1.82) is 0 Å². The van der Waals surface area contributed by atoms with Crippen LogP contribution >= 0.6 is 23.7 Å². The monoisotopic (exact) mass is 469 g/mol. The summed E-state index contributed by atoms with van der Waals surface area (Å²) in [6, 6.07) is 8.81. The molecule has 0 bridgehead atoms. The lowest BCUT2D eigenvalue weighted by molar-refractivity contribution is 0.0391. The number of nitrogens with zero attached hydrogens (tertiary/aromatic N) is 3. The summed E-state index contributed by atoms with van der Waals surface area (Å²) in [4.78, 5) is 21.3. The van der Waals surface area contributed by atoms with E-state index >= 15 is 0 Å². The third-order valence-electron chi connectivity index (χ3n) is 4.96. The molecule has 0 aliphatic carbocycles. The number of methoxy groups -OCH3 is 1. The Hall–Kier alpha value is -2.33. The van der Waals surface area contributed by atoms with Gasteiger partial charge in [0, 0.05) is 37.8 Å². The van der Waals surface area contributed by atoms with Crippen LogP contribution in [0.3, 0.4) is 0 Å². The van der Waals surface area contributed by atoms with Crippen LogP contribution in [0, 0.1) is 11.6 Å². The standard InChI is InChI=1S/C21H21F2N3O3S.ClH/c1-28-16-4-2-14(3-5-16)20(27)26(7-6-25-8-10-29-11-9-25)21-24-19-17(23)12-15(22)13-18(19)30-21;/h2-5,12-13H,6-11H2,1H3;1H. The summed E-state index contributed by atoms with van der Waals surface area (Å²) in [6.07, 6.45) is 0. The predicted octanol–water partition coefficient (Wildman–Crippen LogP) is 3.98. The van der Waals surface area contributed by atoms with Crippen molar-refractivity contribution in [3.63, 3.8) is 0 Å². The first kappa shape index (κ1) is 23.3. The molecule has 10 heteroatoms. The van der Waals surface area contributed by atoms with Crippen molar-refractivity contribution < 1.29 is 23.0 Å². The highest BCUT2D eigenvalue weighted by molar-refractivity contribution is 7.22. The molecule has 0 saturated carbocycles. The molecule has 166 valence electrons. The summed E-state index contributed by atoms with van der Waals surface area (Å²) in [5.41, 5.74) is 0.527. The molecule has 0 atom stereocenters. The predicted molar refractivity (Wildman–Crippen MR) is 119 cm³/mol. The van der Waals surface area contributed by atoms with E-state index in [4.69, 9.17) is 9.47 Å². The van der Waals surface area contributed by atoms with Gasteiger partial charge in [-0.15, -0.1) is 12.4 Å². The van der Waals surface area contributed by atoms with E-state index in [2.05, 4.69) is 9.88 Å². The van der Waals surface area contributed by atoms with E-state index in [1.807, 2.05) is 0 Å². The number of ether oxygens (including phenoxy) is 2. The van der Waals surface area contributed by atoms with Crippen molar-refractivity contribution in [1.82, 2.24) is 9.88 Å². The van der Waals surface area contributed by atoms with E-state index in [1.165, 1.54) is 11.0 Å². The fraction of sp³-hybridized carbons (Fsp3) is 0.333. The minimum atomic E-state index is -0.738. The lowest BCUT2D eigenvalue weighted by Gasteiger charge is -2.29. The first-order chi connectivity index (χ1) is 14.5. The molecule has 0 N–H and O–H groups in total. The van der Waals surface area contributed by atoms with Gasteiger partial charge in [-0.25, -0.2) is 13.8 Å². The molecule has 6 nitrogen and oxygen atoms in total. The molecule has 0 unspecified atom stereocenters. The molecule has 1 aliphatic rings. The second kappa shape index (κ2) is 10.3. The van der Waals surface area contributed by atoms with Crippen LogP contribution in [-0.2, 0) is 4.74 Å². The Bertz CT molecular complexity index is 1040. The maximum Gasteiger partial charge on any atom is 0.260 e. The van der Waals surface area contributed by atoms with Gasteiger partial charge >= 0.3 is 0 Å². The van der Waals surface area contributed by atoms with Gasteiger partial charge in [-0.1, -0.05) is 11.3 Å². The minimum absolute atomic E-state index is 0. The Morgan fingerprint density at radius 2 is 1.94 bits per heavy atom. The van der Waals surface area contributed by atoms with Crippen LogP contribution in [-0.4, -0.2) is 62.3 Å². The number of rotatable bonds is 6. The highest BCUT2D eigenvalue weighted by Crippen LogP contribution is 2.32. The molecule has 3 aromatic rings. The summed E-state index contributed by atoms with van der Waals surface area (Å²) in [5, 5.41) is 0.337. The van der Waals surface area contributed by atoms with Gasteiger partial charge in [0.2, 0.25) is 0 Å². The van der Waals surface area contributed by atoms with Crippen molar-refractivity contribution in [2.24, 2.45) is 0 Å². The summed E-state index contributed by atoms with van der Waals surface area (Å²) >= 11 is 1.10. The van der Waals surface area contributed by atoms with Gasteiger partial charge in [0.25, 0.3) is 5.91 Å². The molecular formula is C21H22ClF2N3O3S. The highest BCUT2D eigenvalue weighted by Gasteiger charge is 2.24. The Kier molecular flexibility index (Phi) is 7.77. The first-order valence-corrected chi connectivity index (χ1v) is 10.4. The molecule has 1 amide bonds. The zero-order valence-electron chi connectivity index (χ0n) is 16.8. The number of amides is 1. The Labute approximate surface area is 188 Å². The van der Waals surface area contributed by atoms with Gasteiger partial charge in [0.15, 0.2) is 10.9 Å². The van der Waals surface area contributed by atoms with Gasteiger partial charge in [-0.05, 0) is 30.3 Å². The normalized spacial score (nSPS) is 14.3. The number of anilines is 1. The van der Waals surface area contributed by atoms with E-state index in [0.29, 0.717) is 47.4 Å². The number of morpholine rings is 1. The average molecular weight is 470 g/mol. The summed E-state index contributed by atoms with van der Waals surface area (Å²) < 4.78 is 38.7. The summed E-state index contributed by atoms with van der Waals surface area (Å²) in [5.74, 6) is -1.02. The third-order valence-corrected chi connectivity index (χ3v) is 5.98. The van der Waals surface area contributed by atoms with Crippen molar-refractivity contribution in [2.75, 3.05) is 51.4 Å². The smallest absolute Gasteiger partial charge is 0.260 e. The second-order valence-electron chi connectivity index (χ2n) is 6.87. The van der Waals surface area contributed by atoms with Gasteiger partial charge < -0.3 is 9.47 Å². The van der Waals surface area contributed by atoms with Gasteiger partial charge in [0.1, 0.15) is 17.1 Å². The van der Waals surface area contributed by atoms with Gasteiger partial charge in [-0.2, -0.15) is 0 Å². The van der Waals surface area contributed by atoms with Gasteiger partial charge in [0.05, 0.1) is 25.0 Å². The largest absolute Gasteiger partial charge is 0.497 e. The highest BCUT2D eigenvalue weighted by atomic mass is 35.5. The molecule has 1 aliphatic heterocycles. The van der Waals surface area contributed by atoms with E-state index in [-0.39, 0.29) is 23.8 Å². The summed E-state index contributed by atoms with van der Waals surface area (Å²) in [7, 11) is 1.56. The van der Waals surface area contributed by atoms with E-state index < -0.39 is 11.6 Å². The number of carbonyl (C=O) groups excluding carboxylic acids is 1. The molecule has 2 heterocycles. The van der Waals surface area contributed by atoms with Crippen LogP contribution in [0.25, 0.3) is 10.2 Å². The Morgan fingerprint density at radius 3 is 2.61 bits per heavy atom. The van der Waals surface area contributed by atoms with E-state index in [9.17, 15) is 13.6 Å². The number of halogens is 3. The molecular weight excluding hydrogens is 448 g/mol. The zero-order chi connectivity index (χ0) is 21.1. The van der Waals surface area contributed by atoms with Crippen molar-refractivity contribution in [2.45, 2.75) is 0 Å². The van der Waals surface area contributed by atoms with Gasteiger partial charge in [-0.3, -0.25) is 14.6 Å². The summed E-state index contributed by atoms with van der Waals surface area (Å²) in [6.45, 7) is 3.86. The van der Waals surface area contributed by atoms with Crippen LogP contribution in [0.5, 0.6) is 5.75 Å². The van der Waals surface area contributed by atoms with Crippen LogP contribution in [0.1, 0.15) is 10.4 Å². The maximum absolute atomic E-state index is 14.2. The fourth-order valence-electron chi connectivity index (χ4n) is 3.30. The number of hydrogen-bond donors (Lipinski definition) is 0. The Morgan fingerprint density at radius 1 is 1.23 bits per heavy atom. The molecule has 0 radical (unpaired) electrons. The molecule has 4 rings (SSSR count). The van der Waals surface area contributed by atoms with Crippen LogP contribution in [0.4, 0.5) is 13.9 Å². The number of hydrogen-bond acceptors (Lipinski definition) is 6. The van der Waals surface area contributed by atoms with E-state index in [0.717, 1.165) is 30.5 Å². The fourth-order valence-corrected chi connectivity index (χ4v) is 4.33. The average Bonchev–Trinajstić information content (AvgIpc) is 3.18. The minimum Gasteiger partial charge on any atom is -0.497 e. The van der Waals surface area contributed by atoms with Crippen molar-refractivity contribution >= 4 is 45.0 Å². The first-order valence-electron chi connectivity index (χ1n) is 9.57. The Balaban J connectivity index is 0.00000272.